The minimum Gasteiger partial charge on any atom is -0.310 e. The molecule has 0 aromatic carbocycles. The van der Waals surface area contributed by atoms with Crippen LogP contribution in [0.5, 0.6) is 0 Å². The summed E-state index contributed by atoms with van der Waals surface area (Å²) in [4.78, 5) is 18.9. The Hall–Kier alpha value is -2.47. The molecule has 2 aliphatic rings. The lowest BCUT2D eigenvalue weighted by Gasteiger charge is -2.34. The molecule has 1 N–H and O–H groups in total. The zero-order valence-electron chi connectivity index (χ0n) is 16.3. The van der Waals surface area contributed by atoms with Crippen LogP contribution < -0.4 is 15.8 Å². The van der Waals surface area contributed by atoms with Gasteiger partial charge in [-0.3, -0.25) is 14.4 Å². The Labute approximate surface area is 159 Å². The van der Waals surface area contributed by atoms with Crippen LogP contribution >= 0.6 is 0 Å². The highest BCUT2D eigenvalue weighted by molar-refractivity contribution is 5.91. The van der Waals surface area contributed by atoms with E-state index in [2.05, 4.69) is 45.6 Å². The zero-order chi connectivity index (χ0) is 19.0. The van der Waals surface area contributed by atoms with E-state index in [1.807, 2.05) is 37.2 Å². The number of hydrogen-bond acceptors (Lipinski definition) is 4. The van der Waals surface area contributed by atoms with Crippen molar-refractivity contribution in [3.8, 4) is 0 Å². The highest BCUT2D eigenvalue weighted by Gasteiger charge is 2.26. The monoisotopic (exact) mass is 365 g/mol. The van der Waals surface area contributed by atoms with Crippen LogP contribution in [0.3, 0.4) is 0 Å². The number of pyridine rings is 1. The van der Waals surface area contributed by atoms with Crippen LogP contribution in [0.2, 0.25) is 0 Å². The van der Waals surface area contributed by atoms with E-state index in [0.717, 1.165) is 16.9 Å². The van der Waals surface area contributed by atoms with Crippen LogP contribution in [0, 0.1) is 0 Å². The summed E-state index contributed by atoms with van der Waals surface area (Å²) in [5.41, 5.74) is 1.09. The molecule has 2 aromatic rings. The number of likely N-dealkylation sites (N-methyl/N-ethyl adjacent to an activating group) is 1. The molecule has 6 heteroatoms. The van der Waals surface area contributed by atoms with Gasteiger partial charge in [0.15, 0.2) is 0 Å². The molecule has 2 heterocycles. The van der Waals surface area contributed by atoms with Crippen molar-refractivity contribution < 1.29 is 4.79 Å². The number of amides is 1. The van der Waals surface area contributed by atoms with Gasteiger partial charge in [-0.25, -0.2) is 4.98 Å². The van der Waals surface area contributed by atoms with Crippen LogP contribution in [0.1, 0.15) is 38.2 Å². The number of anilines is 1. The lowest BCUT2D eigenvalue weighted by atomic mass is 9.78. The predicted octanol–water partition coefficient (Wildman–Crippen LogP) is 1.16. The normalized spacial score (nSPS) is 21.8. The Balaban J connectivity index is 1.53. The summed E-state index contributed by atoms with van der Waals surface area (Å²) in [6, 6.07) is 2.52. The first-order chi connectivity index (χ1) is 12.9. The number of aryl methyl sites for hydroxylation is 1. The van der Waals surface area contributed by atoms with Gasteiger partial charge in [0.05, 0.1) is 12.7 Å². The zero-order valence-corrected chi connectivity index (χ0v) is 16.3. The molecule has 6 nitrogen and oxygen atoms in total. The molecule has 0 spiro atoms. The Kier molecular flexibility index (Phi) is 4.60. The van der Waals surface area contributed by atoms with Gasteiger partial charge < -0.3 is 5.32 Å². The van der Waals surface area contributed by atoms with Crippen molar-refractivity contribution >= 4 is 23.9 Å². The maximum Gasteiger partial charge on any atom is 0.239 e. The van der Waals surface area contributed by atoms with Crippen LogP contribution in [0.25, 0.3) is 12.2 Å². The molecule has 1 fully saturated rings. The number of carbonyl (C=O) groups excluding carboxylic acids is 1. The predicted molar refractivity (Wildman–Crippen MR) is 106 cm³/mol. The molecule has 0 saturated heterocycles. The van der Waals surface area contributed by atoms with E-state index < -0.39 is 0 Å². The molecule has 2 aromatic heterocycles. The average molecular weight is 365 g/mol. The SMILES string of the molecule is CN(CC(=O)Nc1cc2c(cn1)=CCC(C)(c1cnn(C)c1)C=2)C1CCC1. The van der Waals surface area contributed by atoms with Crippen LogP contribution in [-0.2, 0) is 17.3 Å². The molecule has 1 unspecified atom stereocenters. The van der Waals surface area contributed by atoms with Gasteiger partial charge in [0.1, 0.15) is 5.82 Å². The van der Waals surface area contributed by atoms with Crippen molar-refractivity contribution in [2.24, 2.45) is 7.05 Å². The summed E-state index contributed by atoms with van der Waals surface area (Å²) < 4.78 is 1.83. The second-order valence-corrected chi connectivity index (χ2v) is 8.12. The van der Waals surface area contributed by atoms with E-state index in [0.29, 0.717) is 18.4 Å². The summed E-state index contributed by atoms with van der Waals surface area (Å²) in [6.07, 6.45) is 14.9. The van der Waals surface area contributed by atoms with Gasteiger partial charge in [0.2, 0.25) is 5.91 Å². The van der Waals surface area contributed by atoms with Crippen molar-refractivity contribution in [1.29, 1.82) is 0 Å². The van der Waals surface area contributed by atoms with Crippen LogP contribution in [-0.4, -0.2) is 45.2 Å². The van der Waals surface area contributed by atoms with Crippen molar-refractivity contribution in [3.05, 3.63) is 40.7 Å². The van der Waals surface area contributed by atoms with Gasteiger partial charge in [0, 0.05) is 36.5 Å². The second kappa shape index (κ2) is 6.93. The third kappa shape index (κ3) is 3.67. The van der Waals surface area contributed by atoms with E-state index in [1.54, 1.807) is 0 Å². The van der Waals surface area contributed by atoms with Crippen molar-refractivity contribution in [2.75, 3.05) is 18.9 Å². The Morgan fingerprint density at radius 2 is 2.19 bits per heavy atom. The first-order valence-corrected chi connectivity index (χ1v) is 9.61. The van der Waals surface area contributed by atoms with Gasteiger partial charge in [0.25, 0.3) is 0 Å². The van der Waals surface area contributed by atoms with Gasteiger partial charge in [-0.05, 0) is 42.8 Å². The fourth-order valence-corrected chi connectivity index (χ4v) is 3.85. The molecular weight excluding hydrogens is 338 g/mol. The van der Waals surface area contributed by atoms with Gasteiger partial charge in [-0.1, -0.05) is 25.5 Å². The van der Waals surface area contributed by atoms with Crippen LogP contribution in [0.4, 0.5) is 5.82 Å². The van der Waals surface area contributed by atoms with Gasteiger partial charge in [-0.15, -0.1) is 0 Å². The summed E-state index contributed by atoms with van der Waals surface area (Å²) in [7, 11) is 3.96. The number of rotatable bonds is 5. The number of aromatic nitrogens is 3. The van der Waals surface area contributed by atoms with E-state index >= 15 is 0 Å². The quantitative estimate of drug-likeness (QED) is 0.864. The minimum absolute atomic E-state index is 0.00772. The molecule has 1 atom stereocenters. The maximum atomic E-state index is 12.4. The maximum absolute atomic E-state index is 12.4. The Morgan fingerprint density at radius 3 is 2.85 bits per heavy atom. The van der Waals surface area contributed by atoms with Crippen molar-refractivity contribution in [2.45, 2.75) is 44.1 Å². The molecule has 0 aliphatic heterocycles. The largest absolute Gasteiger partial charge is 0.310 e. The molecule has 0 bridgehead atoms. The molecule has 27 heavy (non-hydrogen) atoms. The smallest absolute Gasteiger partial charge is 0.239 e. The third-order valence-corrected chi connectivity index (χ3v) is 5.91. The van der Waals surface area contributed by atoms with E-state index in [9.17, 15) is 4.79 Å². The van der Waals surface area contributed by atoms with Crippen molar-refractivity contribution in [3.63, 3.8) is 0 Å². The van der Waals surface area contributed by atoms with Crippen molar-refractivity contribution in [1.82, 2.24) is 19.7 Å². The van der Waals surface area contributed by atoms with Gasteiger partial charge >= 0.3 is 0 Å². The number of nitrogens with one attached hydrogen (secondary N) is 1. The lowest BCUT2D eigenvalue weighted by Crippen LogP contribution is -2.42. The molecule has 1 amide bonds. The van der Waals surface area contributed by atoms with E-state index in [1.165, 1.54) is 24.8 Å². The van der Waals surface area contributed by atoms with E-state index in [4.69, 9.17) is 0 Å². The van der Waals surface area contributed by atoms with E-state index in [-0.39, 0.29) is 11.3 Å². The standard InChI is InChI=1S/C21H27N5O/c1-21(17-12-23-26(3)13-17)8-7-15-11-22-19(9-16(15)10-21)24-20(27)14-25(2)18-5-4-6-18/h7,9-13,18H,4-6,8,14H2,1-3H3,(H,24,27). The fraction of sp³-hybridized carbons (Fsp3) is 0.476. The fourth-order valence-electron chi connectivity index (χ4n) is 3.85. The summed E-state index contributed by atoms with van der Waals surface area (Å²) in [5.74, 6) is 0.604. The highest BCUT2D eigenvalue weighted by Crippen LogP contribution is 2.30. The number of carbonyl (C=O) groups is 1. The summed E-state index contributed by atoms with van der Waals surface area (Å²) in [5, 5.41) is 9.48. The van der Waals surface area contributed by atoms with Crippen LogP contribution in [0.15, 0.2) is 24.7 Å². The molecule has 142 valence electrons. The number of nitrogens with zero attached hydrogens (tertiary/aromatic N) is 4. The average Bonchev–Trinajstić information content (AvgIpc) is 3.00. The first kappa shape index (κ1) is 17.9. The minimum atomic E-state index is -0.103. The highest BCUT2D eigenvalue weighted by atomic mass is 16.2. The lowest BCUT2D eigenvalue weighted by molar-refractivity contribution is -0.117. The second-order valence-electron chi connectivity index (χ2n) is 8.12. The summed E-state index contributed by atoms with van der Waals surface area (Å²) >= 11 is 0. The topological polar surface area (TPSA) is 63.1 Å². The summed E-state index contributed by atoms with van der Waals surface area (Å²) in [6.45, 7) is 2.63. The number of hydrogen-bond donors (Lipinski definition) is 1. The molecular formula is C21H27N5O. The molecule has 4 rings (SSSR count). The third-order valence-electron chi connectivity index (χ3n) is 5.91. The Morgan fingerprint density at radius 1 is 1.37 bits per heavy atom. The number of fused-ring (bicyclic) bond motifs is 1. The molecule has 1 saturated carbocycles. The Bertz CT molecular complexity index is 975. The molecule has 0 radical (unpaired) electrons. The first-order valence-electron chi connectivity index (χ1n) is 9.61. The molecule has 2 aliphatic carbocycles. The van der Waals surface area contributed by atoms with Gasteiger partial charge in [-0.2, -0.15) is 5.10 Å².